The first-order chi connectivity index (χ1) is 10.5. The summed E-state index contributed by atoms with van der Waals surface area (Å²) < 4.78 is 0. The van der Waals surface area contributed by atoms with Crippen LogP contribution in [0, 0.1) is 11.8 Å². The highest BCUT2D eigenvalue weighted by Gasteiger charge is 2.32. The molecule has 1 fully saturated rings. The fourth-order valence-corrected chi connectivity index (χ4v) is 2.55. The van der Waals surface area contributed by atoms with Crippen molar-refractivity contribution >= 4 is 17.8 Å². The van der Waals surface area contributed by atoms with E-state index in [1.54, 1.807) is 7.05 Å². The first-order valence-corrected chi connectivity index (χ1v) is 7.25. The van der Waals surface area contributed by atoms with Gasteiger partial charge in [0.2, 0.25) is 11.8 Å². The van der Waals surface area contributed by atoms with Gasteiger partial charge in [-0.05, 0) is 12.0 Å². The van der Waals surface area contributed by atoms with Gasteiger partial charge in [0.05, 0.1) is 11.8 Å². The summed E-state index contributed by atoms with van der Waals surface area (Å²) in [6.45, 7) is 0.457. The van der Waals surface area contributed by atoms with E-state index in [9.17, 15) is 19.5 Å². The Bertz CT molecular complexity index is 559. The third kappa shape index (κ3) is 4.07. The molecule has 2 N–H and O–H groups in total. The van der Waals surface area contributed by atoms with Crippen LogP contribution in [0.4, 0.5) is 0 Å². The van der Waals surface area contributed by atoms with Crippen molar-refractivity contribution < 1.29 is 19.5 Å². The van der Waals surface area contributed by atoms with Crippen molar-refractivity contribution in [3.8, 4) is 0 Å². The fourth-order valence-electron chi connectivity index (χ4n) is 2.55. The Hall–Kier alpha value is -2.37. The van der Waals surface area contributed by atoms with Crippen molar-refractivity contribution in [2.45, 2.75) is 12.8 Å². The van der Waals surface area contributed by atoms with Gasteiger partial charge in [0.25, 0.3) is 0 Å². The fraction of sp³-hybridized carbons (Fsp3) is 0.438. The zero-order valence-corrected chi connectivity index (χ0v) is 12.5. The molecular formula is C16H20N2O4. The number of likely N-dealkylation sites (tertiary alicyclic amines) is 1. The Morgan fingerprint density at radius 2 is 2.05 bits per heavy atom. The predicted molar refractivity (Wildman–Crippen MR) is 80.0 cm³/mol. The van der Waals surface area contributed by atoms with Gasteiger partial charge in [-0.1, -0.05) is 30.3 Å². The second-order valence-corrected chi connectivity index (χ2v) is 5.65. The smallest absolute Gasteiger partial charge is 0.308 e. The van der Waals surface area contributed by atoms with Crippen molar-refractivity contribution in [1.29, 1.82) is 0 Å². The number of rotatable bonds is 6. The topological polar surface area (TPSA) is 86.7 Å². The Morgan fingerprint density at radius 3 is 2.59 bits per heavy atom. The Morgan fingerprint density at radius 1 is 1.36 bits per heavy atom. The van der Waals surface area contributed by atoms with Crippen molar-refractivity contribution in [3.05, 3.63) is 35.9 Å². The molecule has 1 saturated heterocycles. The summed E-state index contributed by atoms with van der Waals surface area (Å²) in [6, 6.07) is 9.30. The molecule has 2 unspecified atom stereocenters. The highest BCUT2D eigenvalue weighted by Crippen LogP contribution is 2.16. The lowest BCUT2D eigenvalue weighted by Crippen LogP contribution is -2.38. The van der Waals surface area contributed by atoms with E-state index in [0.717, 1.165) is 5.56 Å². The molecule has 0 spiro atoms. The van der Waals surface area contributed by atoms with E-state index in [1.165, 1.54) is 4.90 Å². The Kier molecular flexibility index (Phi) is 5.14. The van der Waals surface area contributed by atoms with Crippen molar-refractivity contribution in [1.82, 2.24) is 10.2 Å². The molecule has 0 aliphatic carbocycles. The van der Waals surface area contributed by atoms with Gasteiger partial charge in [0.15, 0.2) is 0 Å². The van der Waals surface area contributed by atoms with Gasteiger partial charge < -0.3 is 15.3 Å². The van der Waals surface area contributed by atoms with Gasteiger partial charge in [0.1, 0.15) is 0 Å². The van der Waals surface area contributed by atoms with Crippen molar-refractivity contribution in [2.24, 2.45) is 11.8 Å². The molecule has 0 bridgehead atoms. The third-order valence-electron chi connectivity index (χ3n) is 3.91. The van der Waals surface area contributed by atoms with Crippen molar-refractivity contribution in [2.75, 3.05) is 20.1 Å². The monoisotopic (exact) mass is 304 g/mol. The van der Waals surface area contributed by atoms with E-state index >= 15 is 0 Å². The molecular weight excluding hydrogens is 284 g/mol. The molecule has 2 rings (SSSR count). The van der Waals surface area contributed by atoms with Crippen LogP contribution in [0.3, 0.4) is 0 Å². The summed E-state index contributed by atoms with van der Waals surface area (Å²) in [5.74, 6) is -2.31. The highest BCUT2D eigenvalue weighted by molar-refractivity contribution is 5.89. The SMILES string of the molecule is CN1CC(C(=O)NCC(Cc2ccccc2)C(=O)O)CC1=O. The van der Waals surface area contributed by atoms with Crippen LogP contribution in [0.1, 0.15) is 12.0 Å². The van der Waals surface area contributed by atoms with Crippen LogP contribution >= 0.6 is 0 Å². The summed E-state index contributed by atoms with van der Waals surface area (Å²) in [5, 5.41) is 12.0. The lowest BCUT2D eigenvalue weighted by atomic mass is 9.99. The third-order valence-corrected chi connectivity index (χ3v) is 3.91. The largest absolute Gasteiger partial charge is 0.481 e. The van der Waals surface area contributed by atoms with Crippen molar-refractivity contribution in [3.63, 3.8) is 0 Å². The van der Waals surface area contributed by atoms with Gasteiger partial charge in [-0.3, -0.25) is 14.4 Å². The van der Waals surface area contributed by atoms with Gasteiger partial charge in [-0.2, -0.15) is 0 Å². The molecule has 22 heavy (non-hydrogen) atoms. The molecule has 1 heterocycles. The summed E-state index contributed by atoms with van der Waals surface area (Å²) in [7, 11) is 1.66. The van der Waals surface area contributed by atoms with Crippen LogP contribution < -0.4 is 5.32 Å². The number of hydrogen-bond acceptors (Lipinski definition) is 3. The number of nitrogens with one attached hydrogen (secondary N) is 1. The van der Waals surface area contributed by atoms with Crippen LogP contribution in [-0.2, 0) is 20.8 Å². The van der Waals surface area contributed by atoms with Crippen LogP contribution in [0.15, 0.2) is 30.3 Å². The minimum absolute atomic E-state index is 0.0563. The quantitative estimate of drug-likeness (QED) is 0.802. The van der Waals surface area contributed by atoms with E-state index in [-0.39, 0.29) is 30.7 Å². The van der Waals surface area contributed by atoms with E-state index in [2.05, 4.69) is 5.32 Å². The van der Waals surface area contributed by atoms with Crippen LogP contribution in [0.25, 0.3) is 0 Å². The average Bonchev–Trinajstić information content (AvgIpc) is 2.83. The number of carbonyl (C=O) groups is 3. The first kappa shape index (κ1) is 16.0. The maximum absolute atomic E-state index is 12.0. The molecule has 0 radical (unpaired) electrons. The number of amides is 2. The number of benzene rings is 1. The molecule has 1 aromatic carbocycles. The Balaban J connectivity index is 1.88. The lowest BCUT2D eigenvalue weighted by Gasteiger charge is -2.15. The number of carboxylic acid groups (broad SMARTS) is 1. The predicted octanol–water partition coefficient (Wildman–Crippen LogP) is 0.524. The molecule has 1 aromatic rings. The van der Waals surface area contributed by atoms with E-state index in [0.29, 0.717) is 13.0 Å². The molecule has 0 saturated carbocycles. The molecule has 6 heteroatoms. The van der Waals surface area contributed by atoms with E-state index < -0.39 is 11.9 Å². The zero-order valence-electron chi connectivity index (χ0n) is 12.5. The number of carbonyl (C=O) groups excluding carboxylic acids is 2. The van der Waals surface area contributed by atoms with Gasteiger partial charge in [0, 0.05) is 26.6 Å². The highest BCUT2D eigenvalue weighted by atomic mass is 16.4. The lowest BCUT2D eigenvalue weighted by molar-refractivity contribution is -0.141. The normalized spacial score (nSPS) is 19.0. The molecule has 2 amide bonds. The summed E-state index contributed by atoms with van der Waals surface area (Å²) in [6.07, 6.45) is 0.554. The number of hydrogen-bond donors (Lipinski definition) is 2. The minimum atomic E-state index is -0.941. The molecule has 0 aromatic heterocycles. The van der Waals surface area contributed by atoms with Crippen LogP contribution in [-0.4, -0.2) is 47.9 Å². The first-order valence-electron chi connectivity index (χ1n) is 7.25. The number of aliphatic carboxylic acids is 1. The van der Waals surface area contributed by atoms with Gasteiger partial charge in [-0.25, -0.2) is 0 Å². The van der Waals surface area contributed by atoms with E-state index in [4.69, 9.17) is 0 Å². The molecule has 118 valence electrons. The maximum atomic E-state index is 12.0. The van der Waals surface area contributed by atoms with E-state index in [1.807, 2.05) is 30.3 Å². The molecule has 1 aliphatic rings. The molecule has 1 aliphatic heterocycles. The zero-order chi connectivity index (χ0) is 16.1. The second-order valence-electron chi connectivity index (χ2n) is 5.65. The van der Waals surface area contributed by atoms with Crippen LogP contribution in [0.2, 0.25) is 0 Å². The minimum Gasteiger partial charge on any atom is -0.481 e. The molecule has 6 nitrogen and oxygen atoms in total. The second kappa shape index (κ2) is 7.06. The number of carboxylic acids is 1. The van der Waals surface area contributed by atoms with Gasteiger partial charge in [-0.15, -0.1) is 0 Å². The maximum Gasteiger partial charge on any atom is 0.308 e. The summed E-state index contributed by atoms with van der Waals surface area (Å²) in [5.41, 5.74) is 0.917. The average molecular weight is 304 g/mol. The van der Waals surface area contributed by atoms with Crippen LogP contribution in [0.5, 0.6) is 0 Å². The molecule has 2 atom stereocenters. The van der Waals surface area contributed by atoms with Gasteiger partial charge >= 0.3 is 5.97 Å². The Labute approximate surface area is 129 Å². The summed E-state index contributed by atoms with van der Waals surface area (Å²) in [4.78, 5) is 36.3. The number of nitrogens with zero attached hydrogens (tertiary/aromatic N) is 1. The summed E-state index contributed by atoms with van der Waals surface area (Å²) >= 11 is 0. The standard InChI is InChI=1S/C16H20N2O4/c1-18-10-13(8-14(18)19)15(20)17-9-12(16(21)22)7-11-5-3-2-4-6-11/h2-6,12-13H,7-10H2,1H3,(H,17,20)(H,21,22).